The third kappa shape index (κ3) is 4.18. The quantitative estimate of drug-likeness (QED) is 0.516. The fourth-order valence-electron chi connectivity index (χ4n) is 2.54. The summed E-state index contributed by atoms with van der Waals surface area (Å²) in [5.41, 5.74) is -5.51. The summed E-state index contributed by atoms with van der Waals surface area (Å²) < 4.78 is 67.6. The van der Waals surface area contributed by atoms with Crippen molar-refractivity contribution in [1.82, 2.24) is 9.55 Å². The number of aliphatic hydroxyl groups is 2. The number of halogens is 3. The lowest BCUT2D eigenvalue weighted by molar-refractivity contribution is -0.192. The number of rotatable bonds is 7. The first-order chi connectivity index (χ1) is 12.5. The minimum absolute atomic E-state index is 0.318. The van der Waals surface area contributed by atoms with Crippen molar-refractivity contribution < 1.29 is 41.7 Å². The van der Waals surface area contributed by atoms with Gasteiger partial charge in [-0.05, 0) is 13.8 Å². The van der Waals surface area contributed by atoms with Gasteiger partial charge >= 0.3 is 13.9 Å². The van der Waals surface area contributed by atoms with Crippen molar-refractivity contribution in [1.29, 1.82) is 0 Å². The lowest BCUT2D eigenvalue weighted by Crippen LogP contribution is -2.52. The minimum atomic E-state index is -3.45. The van der Waals surface area contributed by atoms with Crippen LogP contribution < -0.4 is 11.2 Å². The number of nitrogens with zero attached hydrogens (tertiary/aromatic N) is 1. The van der Waals surface area contributed by atoms with Crippen LogP contribution >= 0.6 is 8.25 Å². The number of aromatic nitrogens is 2. The molecule has 27 heavy (non-hydrogen) atoms. The largest absolute Gasteiger partial charge is 0.393 e. The fourth-order valence-corrected chi connectivity index (χ4v) is 3.52. The van der Waals surface area contributed by atoms with Gasteiger partial charge in [0, 0.05) is 0 Å². The van der Waals surface area contributed by atoms with E-state index >= 15 is 0 Å². The number of alkyl halides is 2. The Balaban J connectivity index is 2.46. The normalized spacial score (nSPS) is 29.6. The topological polar surface area (TPSA) is 140 Å². The molecule has 14 heteroatoms. The summed E-state index contributed by atoms with van der Waals surface area (Å²) in [6.07, 6.45) is -9.84. The monoisotopic (exact) mass is 418 g/mol. The smallest absolute Gasteiger partial charge is 0.330 e. The summed E-state index contributed by atoms with van der Waals surface area (Å²) in [6.45, 7) is 1.59. The molecule has 1 saturated heterocycles. The van der Waals surface area contributed by atoms with E-state index in [1.54, 1.807) is 4.98 Å². The zero-order valence-electron chi connectivity index (χ0n) is 14.1. The Morgan fingerprint density at radius 2 is 2.07 bits per heavy atom. The molecular weight excluding hydrogens is 400 g/mol. The van der Waals surface area contributed by atoms with Gasteiger partial charge in [-0.2, -0.15) is 4.39 Å². The van der Waals surface area contributed by atoms with Crippen LogP contribution in [-0.2, 0) is 18.3 Å². The van der Waals surface area contributed by atoms with Crippen molar-refractivity contribution in [2.75, 3.05) is 6.61 Å². The van der Waals surface area contributed by atoms with Gasteiger partial charge in [-0.15, -0.1) is 0 Å². The van der Waals surface area contributed by atoms with Gasteiger partial charge in [0.25, 0.3) is 12.0 Å². The Hall–Kier alpha value is -1.50. The second-order valence-electron chi connectivity index (χ2n) is 6.01. The minimum Gasteiger partial charge on any atom is -0.393 e. The predicted molar refractivity (Wildman–Crippen MR) is 83.3 cm³/mol. The Morgan fingerprint density at radius 1 is 1.44 bits per heavy atom. The molecule has 0 bridgehead atoms. The molecule has 5 atom stereocenters. The van der Waals surface area contributed by atoms with Crippen molar-refractivity contribution in [3.05, 3.63) is 32.9 Å². The maximum Gasteiger partial charge on any atom is 0.330 e. The van der Waals surface area contributed by atoms with Crippen LogP contribution in [0.2, 0.25) is 0 Å². The number of H-pyrrole nitrogens is 1. The van der Waals surface area contributed by atoms with E-state index in [4.69, 9.17) is 13.8 Å². The molecule has 1 fully saturated rings. The first-order valence-electron chi connectivity index (χ1n) is 7.66. The lowest BCUT2D eigenvalue weighted by atomic mass is 9.96. The summed E-state index contributed by atoms with van der Waals surface area (Å²) in [5.74, 6) is -1.45. The number of aromatic amines is 1. The van der Waals surface area contributed by atoms with Crippen molar-refractivity contribution in [3.63, 3.8) is 0 Å². The Morgan fingerprint density at radius 3 is 2.59 bits per heavy atom. The summed E-state index contributed by atoms with van der Waals surface area (Å²) in [5, 5.41) is 19.8. The number of ether oxygens (including phenoxy) is 1. The molecule has 0 saturated carbocycles. The van der Waals surface area contributed by atoms with Gasteiger partial charge in [0.1, 0.15) is 12.2 Å². The van der Waals surface area contributed by atoms with Crippen molar-refractivity contribution >= 4 is 8.25 Å². The summed E-state index contributed by atoms with van der Waals surface area (Å²) in [6, 6.07) is 0. The summed E-state index contributed by atoms with van der Waals surface area (Å²) >= 11 is 0. The van der Waals surface area contributed by atoms with Gasteiger partial charge in [0.15, 0.2) is 11.8 Å². The van der Waals surface area contributed by atoms with Crippen LogP contribution in [0.1, 0.15) is 20.1 Å². The molecule has 10 nitrogen and oxygen atoms in total. The van der Waals surface area contributed by atoms with Crippen LogP contribution in [0.15, 0.2) is 15.8 Å². The molecule has 0 aliphatic carbocycles. The second-order valence-corrected chi connectivity index (χ2v) is 6.98. The molecule has 1 aromatic rings. The van der Waals surface area contributed by atoms with Gasteiger partial charge < -0.3 is 24.0 Å². The van der Waals surface area contributed by atoms with Crippen LogP contribution in [0.4, 0.5) is 13.2 Å². The highest BCUT2D eigenvalue weighted by molar-refractivity contribution is 7.33. The van der Waals surface area contributed by atoms with E-state index in [-0.39, 0.29) is 0 Å². The van der Waals surface area contributed by atoms with E-state index in [0.717, 1.165) is 0 Å². The highest BCUT2D eigenvalue weighted by Gasteiger charge is 2.62. The molecule has 1 unspecified atom stereocenters. The maximum atomic E-state index is 13.6. The van der Waals surface area contributed by atoms with E-state index in [1.165, 1.54) is 13.8 Å². The van der Waals surface area contributed by atoms with Crippen LogP contribution in [0.3, 0.4) is 0 Å². The van der Waals surface area contributed by atoms with E-state index in [1.807, 2.05) is 0 Å². The molecule has 3 N–H and O–H groups in total. The van der Waals surface area contributed by atoms with Crippen LogP contribution in [0.5, 0.6) is 0 Å². The molecule has 1 aliphatic rings. The SMILES string of the molecule is CC(C)O[PH](=O)O[C@H]1[C@H](O)[C@H](n2cc(F)c(=O)[nH]c2=O)O[C@@]1(CO)C(F)F. The van der Waals surface area contributed by atoms with E-state index < -0.39 is 68.5 Å². The molecule has 0 spiro atoms. The van der Waals surface area contributed by atoms with Crippen molar-refractivity contribution in [2.24, 2.45) is 0 Å². The summed E-state index contributed by atoms with van der Waals surface area (Å²) in [7, 11) is -3.40. The number of aliphatic hydroxyl groups excluding tert-OH is 2. The van der Waals surface area contributed by atoms with Crippen LogP contribution in [-0.4, -0.2) is 56.7 Å². The Bertz CT molecular complexity index is 815. The van der Waals surface area contributed by atoms with Crippen molar-refractivity contribution in [2.45, 2.75) is 50.4 Å². The van der Waals surface area contributed by atoms with Gasteiger partial charge in [0.05, 0.1) is 18.9 Å². The van der Waals surface area contributed by atoms with Gasteiger partial charge in [0.2, 0.25) is 5.82 Å². The third-order valence-corrected chi connectivity index (χ3v) is 4.90. The average molecular weight is 418 g/mol. The molecule has 0 amide bonds. The van der Waals surface area contributed by atoms with Gasteiger partial charge in [-0.3, -0.25) is 18.9 Å². The molecular formula is C13H18F3N2O8P. The second kappa shape index (κ2) is 8.25. The first-order valence-corrected chi connectivity index (χ1v) is 8.89. The molecule has 1 aromatic heterocycles. The maximum absolute atomic E-state index is 13.6. The van der Waals surface area contributed by atoms with E-state index in [9.17, 15) is 37.5 Å². The van der Waals surface area contributed by atoms with E-state index in [0.29, 0.717) is 10.8 Å². The molecule has 2 heterocycles. The van der Waals surface area contributed by atoms with Crippen LogP contribution in [0.25, 0.3) is 0 Å². The van der Waals surface area contributed by atoms with Crippen LogP contribution in [0, 0.1) is 5.82 Å². The summed E-state index contributed by atoms with van der Waals surface area (Å²) in [4.78, 5) is 24.5. The predicted octanol–water partition coefficient (Wildman–Crippen LogP) is -0.239. The highest BCUT2D eigenvalue weighted by atomic mass is 31.1. The molecule has 2 rings (SSSR count). The Kier molecular flexibility index (Phi) is 6.66. The molecule has 154 valence electrons. The third-order valence-electron chi connectivity index (χ3n) is 3.79. The molecule has 0 aromatic carbocycles. The fraction of sp³-hybridized carbons (Fsp3) is 0.692. The average Bonchev–Trinajstić information content (AvgIpc) is 2.84. The van der Waals surface area contributed by atoms with E-state index in [2.05, 4.69) is 0 Å². The number of hydrogen-bond acceptors (Lipinski definition) is 8. The first kappa shape index (κ1) is 21.8. The highest BCUT2D eigenvalue weighted by Crippen LogP contribution is 2.46. The van der Waals surface area contributed by atoms with Crippen molar-refractivity contribution in [3.8, 4) is 0 Å². The van der Waals surface area contributed by atoms with Gasteiger partial charge in [-0.1, -0.05) is 0 Å². The lowest BCUT2D eigenvalue weighted by Gasteiger charge is -2.31. The number of nitrogens with one attached hydrogen (secondary N) is 1. The zero-order chi connectivity index (χ0) is 20.5. The Labute approximate surface area is 150 Å². The standard InChI is InChI=1S/C13H18F3N2O8P/c1-5(2)25-27(23)26-8-7(20)10(24-13(8,4-19)11(15)16)18-3-6(14)9(21)17-12(18)22/h3,5,7-8,10-11,19-20,27H,4H2,1-2H3,(H,17,21,22)/t7-,8-,10+,13+/m0/s1. The molecule has 0 radical (unpaired) electrons. The zero-order valence-corrected chi connectivity index (χ0v) is 15.1. The van der Waals surface area contributed by atoms with Gasteiger partial charge in [-0.25, -0.2) is 13.6 Å². The number of hydrogen-bond donors (Lipinski definition) is 3. The molecule has 1 aliphatic heterocycles.